The summed E-state index contributed by atoms with van der Waals surface area (Å²) < 4.78 is 2.01. The molecule has 0 aliphatic carbocycles. The van der Waals surface area contributed by atoms with Crippen LogP contribution in [0.2, 0.25) is 0 Å². The molecule has 3 aromatic rings. The Labute approximate surface area is 157 Å². The number of anilines is 1. The number of benzene rings is 2. The van der Waals surface area contributed by atoms with Crippen molar-refractivity contribution in [2.45, 2.75) is 32.3 Å². The van der Waals surface area contributed by atoms with Crippen LogP contribution in [-0.4, -0.2) is 26.4 Å². The monoisotopic (exact) mass is 366 g/mol. The molecule has 0 atom stereocenters. The number of rotatable bonds is 6. The first kappa shape index (κ1) is 18.2. The molecule has 26 heavy (non-hydrogen) atoms. The molecule has 0 saturated heterocycles. The Morgan fingerprint density at radius 1 is 1.12 bits per heavy atom. The van der Waals surface area contributed by atoms with Crippen molar-refractivity contribution in [2.75, 3.05) is 11.1 Å². The Morgan fingerprint density at radius 3 is 2.58 bits per heavy atom. The zero-order valence-corrected chi connectivity index (χ0v) is 16.0. The van der Waals surface area contributed by atoms with E-state index in [0.717, 1.165) is 34.3 Å². The molecule has 6 heteroatoms. The quantitative estimate of drug-likeness (QED) is 0.665. The van der Waals surface area contributed by atoms with E-state index in [1.165, 1.54) is 17.3 Å². The Bertz CT molecular complexity index is 905. The van der Waals surface area contributed by atoms with Crippen molar-refractivity contribution in [3.8, 4) is 5.69 Å². The molecule has 134 valence electrons. The maximum Gasteiger partial charge on any atom is 0.234 e. The van der Waals surface area contributed by atoms with Gasteiger partial charge in [-0.25, -0.2) is 0 Å². The van der Waals surface area contributed by atoms with Crippen LogP contribution < -0.4 is 5.32 Å². The van der Waals surface area contributed by atoms with Crippen LogP contribution in [0.1, 0.15) is 23.9 Å². The molecular formula is C20H22N4OS. The number of amides is 1. The van der Waals surface area contributed by atoms with E-state index in [1.54, 1.807) is 0 Å². The lowest BCUT2D eigenvalue weighted by atomic mass is 10.1. The molecule has 0 spiro atoms. The molecule has 0 bridgehead atoms. The van der Waals surface area contributed by atoms with Gasteiger partial charge in [0.2, 0.25) is 5.91 Å². The van der Waals surface area contributed by atoms with Crippen molar-refractivity contribution in [3.05, 3.63) is 65.5 Å². The maximum atomic E-state index is 12.4. The summed E-state index contributed by atoms with van der Waals surface area (Å²) in [6.45, 7) is 6.08. The predicted molar refractivity (Wildman–Crippen MR) is 106 cm³/mol. The van der Waals surface area contributed by atoms with Gasteiger partial charge in [-0.1, -0.05) is 54.6 Å². The average Bonchev–Trinajstić information content (AvgIpc) is 3.06. The second-order valence-corrected chi connectivity index (χ2v) is 7.02. The molecule has 0 aliphatic heterocycles. The van der Waals surface area contributed by atoms with Gasteiger partial charge in [-0.15, -0.1) is 10.2 Å². The third-order valence-corrected chi connectivity index (χ3v) is 4.95. The summed E-state index contributed by atoms with van der Waals surface area (Å²) in [4.78, 5) is 12.4. The molecule has 2 aromatic carbocycles. The molecule has 1 heterocycles. The summed E-state index contributed by atoms with van der Waals surface area (Å²) in [5.74, 6) is 1.11. The Hall–Kier alpha value is -2.60. The molecule has 5 nitrogen and oxygen atoms in total. The molecule has 1 N–H and O–H groups in total. The number of hydrogen-bond donors (Lipinski definition) is 1. The van der Waals surface area contributed by atoms with Gasteiger partial charge in [0.1, 0.15) is 5.82 Å². The van der Waals surface area contributed by atoms with Crippen LogP contribution in [0.15, 0.2) is 53.7 Å². The third kappa shape index (κ3) is 4.14. The van der Waals surface area contributed by atoms with Gasteiger partial charge in [0.15, 0.2) is 5.16 Å². The van der Waals surface area contributed by atoms with Gasteiger partial charge >= 0.3 is 0 Å². The maximum absolute atomic E-state index is 12.4. The van der Waals surface area contributed by atoms with Crippen molar-refractivity contribution in [2.24, 2.45) is 0 Å². The standard InChI is InChI=1S/C20H22N4OS/c1-4-18-22-23-20(24(18)16-8-6-5-7-9-16)26-13-19(25)21-17-11-10-14(2)12-15(17)3/h5-12H,4,13H2,1-3H3,(H,21,25). The van der Waals surface area contributed by atoms with Crippen molar-refractivity contribution >= 4 is 23.4 Å². The SMILES string of the molecule is CCc1nnc(SCC(=O)Nc2ccc(C)cc2C)n1-c1ccccc1. The summed E-state index contributed by atoms with van der Waals surface area (Å²) in [5.41, 5.74) is 4.09. The van der Waals surface area contributed by atoms with Crippen molar-refractivity contribution in [1.82, 2.24) is 14.8 Å². The van der Waals surface area contributed by atoms with E-state index in [-0.39, 0.29) is 11.7 Å². The molecular weight excluding hydrogens is 344 g/mol. The van der Waals surface area contributed by atoms with Gasteiger partial charge < -0.3 is 5.32 Å². The summed E-state index contributed by atoms with van der Waals surface area (Å²) in [6, 6.07) is 16.0. The first-order chi connectivity index (χ1) is 12.6. The summed E-state index contributed by atoms with van der Waals surface area (Å²) in [5, 5.41) is 12.2. The first-order valence-corrected chi connectivity index (χ1v) is 9.56. The van der Waals surface area contributed by atoms with Crippen molar-refractivity contribution in [3.63, 3.8) is 0 Å². The smallest absolute Gasteiger partial charge is 0.234 e. The fraction of sp³-hybridized carbons (Fsp3) is 0.250. The van der Waals surface area contributed by atoms with Crippen LogP contribution >= 0.6 is 11.8 Å². The summed E-state index contributed by atoms with van der Waals surface area (Å²) >= 11 is 1.39. The molecule has 1 aromatic heterocycles. The van der Waals surface area contributed by atoms with E-state index in [0.29, 0.717) is 0 Å². The van der Waals surface area contributed by atoms with Gasteiger partial charge in [-0.2, -0.15) is 0 Å². The van der Waals surface area contributed by atoms with Gasteiger partial charge in [0.05, 0.1) is 5.75 Å². The minimum Gasteiger partial charge on any atom is -0.325 e. The number of para-hydroxylation sites is 1. The topological polar surface area (TPSA) is 59.8 Å². The number of nitrogens with zero attached hydrogens (tertiary/aromatic N) is 3. The van der Waals surface area contributed by atoms with E-state index in [9.17, 15) is 4.79 Å². The highest BCUT2D eigenvalue weighted by molar-refractivity contribution is 7.99. The highest BCUT2D eigenvalue weighted by Crippen LogP contribution is 2.23. The van der Waals surface area contributed by atoms with Gasteiger partial charge in [0.25, 0.3) is 0 Å². The van der Waals surface area contributed by atoms with Gasteiger partial charge in [-0.3, -0.25) is 9.36 Å². The van der Waals surface area contributed by atoms with Gasteiger partial charge in [0, 0.05) is 17.8 Å². The number of carbonyl (C=O) groups is 1. The highest BCUT2D eigenvalue weighted by atomic mass is 32.2. The number of thioether (sulfide) groups is 1. The molecule has 0 aliphatic rings. The molecule has 0 saturated carbocycles. The van der Waals surface area contributed by atoms with E-state index >= 15 is 0 Å². The second kappa shape index (κ2) is 8.19. The largest absolute Gasteiger partial charge is 0.325 e. The van der Waals surface area contributed by atoms with Crippen LogP contribution in [0.5, 0.6) is 0 Å². The van der Waals surface area contributed by atoms with Gasteiger partial charge in [-0.05, 0) is 37.6 Å². The van der Waals surface area contributed by atoms with E-state index in [4.69, 9.17) is 0 Å². The molecule has 3 rings (SSSR count). The van der Waals surface area contributed by atoms with E-state index in [1.807, 2.05) is 67.8 Å². The predicted octanol–water partition coefficient (Wildman–Crippen LogP) is 4.18. The Kier molecular flexibility index (Phi) is 5.73. The number of hydrogen-bond acceptors (Lipinski definition) is 4. The average molecular weight is 366 g/mol. The molecule has 0 fully saturated rings. The summed E-state index contributed by atoms with van der Waals surface area (Å²) in [6.07, 6.45) is 0.775. The lowest BCUT2D eigenvalue weighted by Gasteiger charge is -2.10. The zero-order valence-electron chi connectivity index (χ0n) is 15.2. The van der Waals surface area contributed by atoms with E-state index < -0.39 is 0 Å². The molecule has 0 radical (unpaired) electrons. The summed E-state index contributed by atoms with van der Waals surface area (Å²) in [7, 11) is 0. The van der Waals surface area contributed by atoms with Crippen LogP contribution in [-0.2, 0) is 11.2 Å². The normalized spacial score (nSPS) is 10.7. The molecule has 1 amide bonds. The number of aryl methyl sites for hydroxylation is 3. The van der Waals surface area contributed by atoms with Crippen LogP contribution in [0.4, 0.5) is 5.69 Å². The third-order valence-electron chi connectivity index (χ3n) is 4.02. The van der Waals surface area contributed by atoms with Crippen molar-refractivity contribution in [1.29, 1.82) is 0 Å². The lowest BCUT2D eigenvalue weighted by Crippen LogP contribution is -2.15. The Balaban J connectivity index is 1.72. The van der Waals surface area contributed by atoms with Crippen LogP contribution in [0.3, 0.4) is 0 Å². The number of nitrogens with one attached hydrogen (secondary N) is 1. The number of carbonyl (C=O) groups excluding carboxylic acids is 1. The highest BCUT2D eigenvalue weighted by Gasteiger charge is 2.15. The minimum absolute atomic E-state index is 0.0531. The fourth-order valence-electron chi connectivity index (χ4n) is 2.73. The van der Waals surface area contributed by atoms with Crippen molar-refractivity contribution < 1.29 is 4.79 Å². The number of aromatic nitrogens is 3. The zero-order chi connectivity index (χ0) is 18.5. The lowest BCUT2D eigenvalue weighted by molar-refractivity contribution is -0.113. The second-order valence-electron chi connectivity index (χ2n) is 6.08. The van der Waals surface area contributed by atoms with E-state index in [2.05, 4.69) is 21.6 Å². The molecule has 0 unspecified atom stereocenters. The van der Waals surface area contributed by atoms with Crippen LogP contribution in [0, 0.1) is 13.8 Å². The first-order valence-electron chi connectivity index (χ1n) is 8.58. The fourth-order valence-corrected chi connectivity index (χ4v) is 3.50. The Morgan fingerprint density at radius 2 is 1.88 bits per heavy atom. The van der Waals surface area contributed by atoms with Crippen LogP contribution in [0.25, 0.3) is 5.69 Å². The minimum atomic E-state index is -0.0531.